The van der Waals surface area contributed by atoms with Crippen LogP contribution in [0.4, 0.5) is 0 Å². The zero-order chi connectivity index (χ0) is 12.6. The first-order chi connectivity index (χ1) is 7.98. The number of fused-ring (bicyclic) bond motifs is 1. The van der Waals surface area contributed by atoms with Crippen molar-refractivity contribution in [1.82, 2.24) is 18.2 Å². The normalized spacial score (nSPS) is 11.9. The maximum absolute atomic E-state index is 12.0. The van der Waals surface area contributed by atoms with E-state index in [2.05, 4.69) is 9.97 Å². The summed E-state index contributed by atoms with van der Waals surface area (Å²) in [6.07, 6.45) is 1.45. The average Bonchev–Trinajstić information content (AvgIpc) is 2.67. The summed E-state index contributed by atoms with van der Waals surface area (Å²) in [5, 5.41) is 8.92. The third kappa shape index (κ3) is 1.65. The fourth-order valence-electron chi connectivity index (χ4n) is 1.34. The highest BCUT2D eigenvalue weighted by atomic mass is 32.2. The number of pyridine rings is 1. The fourth-order valence-corrected chi connectivity index (χ4v) is 2.33. The van der Waals surface area contributed by atoms with E-state index in [9.17, 15) is 8.42 Å². The molecule has 0 unspecified atom stereocenters. The molecular formula is C9H9N5O2S. The second-order valence-corrected chi connectivity index (χ2v) is 5.44. The van der Waals surface area contributed by atoms with Gasteiger partial charge in [-0.3, -0.25) is 0 Å². The van der Waals surface area contributed by atoms with Crippen LogP contribution in [-0.4, -0.2) is 40.8 Å². The number of nitrogens with zero attached hydrogens (tertiary/aromatic N) is 5. The van der Waals surface area contributed by atoms with Gasteiger partial charge in [0.2, 0.25) is 5.82 Å². The molecule has 0 saturated carbocycles. The van der Waals surface area contributed by atoms with E-state index in [1.165, 1.54) is 20.3 Å². The van der Waals surface area contributed by atoms with Crippen LogP contribution in [0.5, 0.6) is 0 Å². The van der Waals surface area contributed by atoms with Gasteiger partial charge in [-0.2, -0.15) is 22.0 Å². The summed E-state index contributed by atoms with van der Waals surface area (Å²) in [7, 11) is -1.04. The van der Waals surface area contributed by atoms with Crippen LogP contribution in [0, 0.1) is 11.3 Å². The van der Waals surface area contributed by atoms with Crippen LogP contribution in [-0.2, 0) is 10.2 Å². The first kappa shape index (κ1) is 11.5. The van der Waals surface area contributed by atoms with Crippen LogP contribution in [0.1, 0.15) is 5.82 Å². The topological polar surface area (TPSA) is 91.9 Å². The summed E-state index contributed by atoms with van der Waals surface area (Å²) in [6, 6.07) is 4.98. The minimum Gasteiger partial charge on any atom is -0.236 e. The highest BCUT2D eigenvalue weighted by Crippen LogP contribution is 2.16. The Morgan fingerprint density at radius 3 is 2.76 bits per heavy atom. The molecule has 17 heavy (non-hydrogen) atoms. The minimum absolute atomic E-state index is 0.151. The summed E-state index contributed by atoms with van der Waals surface area (Å²) >= 11 is 0. The first-order valence-electron chi connectivity index (χ1n) is 4.65. The van der Waals surface area contributed by atoms with Gasteiger partial charge in [0.05, 0.1) is 0 Å². The van der Waals surface area contributed by atoms with Crippen molar-refractivity contribution in [3.05, 3.63) is 24.2 Å². The van der Waals surface area contributed by atoms with Gasteiger partial charge < -0.3 is 0 Å². The van der Waals surface area contributed by atoms with E-state index in [1.54, 1.807) is 18.2 Å². The lowest BCUT2D eigenvalue weighted by atomic mass is 10.4. The summed E-state index contributed by atoms with van der Waals surface area (Å²) in [5.41, 5.74) is 0.521. The van der Waals surface area contributed by atoms with E-state index < -0.39 is 10.2 Å². The lowest BCUT2D eigenvalue weighted by Crippen LogP contribution is -2.29. The molecular weight excluding hydrogens is 242 g/mol. The number of rotatable bonds is 2. The molecule has 2 aromatic heterocycles. The Labute approximate surface area is 98.1 Å². The zero-order valence-electron chi connectivity index (χ0n) is 9.19. The van der Waals surface area contributed by atoms with Crippen LogP contribution in [0.25, 0.3) is 11.2 Å². The van der Waals surface area contributed by atoms with Crippen LogP contribution in [0.2, 0.25) is 0 Å². The third-order valence-corrected chi connectivity index (χ3v) is 3.90. The zero-order valence-corrected chi connectivity index (χ0v) is 10.0. The Kier molecular flexibility index (Phi) is 2.57. The Hall–Kier alpha value is -1.98. The maximum Gasteiger partial charge on any atom is 0.311 e. The van der Waals surface area contributed by atoms with Gasteiger partial charge in [-0.15, -0.1) is 0 Å². The summed E-state index contributed by atoms with van der Waals surface area (Å²) in [6.45, 7) is 0. The summed E-state index contributed by atoms with van der Waals surface area (Å²) < 4.78 is 25.9. The lowest BCUT2D eigenvalue weighted by molar-refractivity contribution is 0.511. The second kappa shape index (κ2) is 3.80. The van der Waals surface area contributed by atoms with E-state index in [0.29, 0.717) is 5.52 Å². The molecule has 0 N–H and O–H groups in total. The smallest absolute Gasteiger partial charge is 0.236 e. The number of imidazole rings is 1. The van der Waals surface area contributed by atoms with Crippen molar-refractivity contribution >= 4 is 21.4 Å². The van der Waals surface area contributed by atoms with E-state index in [1.807, 2.05) is 0 Å². The molecule has 0 atom stereocenters. The molecule has 0 saturated heterocycles. The van der Waals surface area contributed by atoms with Gasteiger partial charge in [0, 0.05) is 20.3 Å². The highest BCUT2D eigenvalue weighted by molar-refractivity contribution is 7.87. The Morgan fingerprint density at radius 2 is 2.18 bits per heavy atom. The molecule has 0 fully saturated rings. The number of aromatic nitrogens is 3. The predicted molar refractivity (Wildman–Crippen MR) is 60.2 cm³/mol. The fraction of sp³-hybridized carbons (Fsp3) is 0.222. The van der Waals surface area contributed by atoms with E-state index in [0.717, 1.165) is 8.28 Å². The summed E-state index contributed by atoms with van der Waals surface area (Å²) in [5.74, 6) is -0.201. The van der Waals surface area contributed by atoms with Crippen molar-refractivity contribution in [2.45, 2.75) is 0 Å². The van der Waals surface area contributed by atoms with Gasteiger partial charge in [-0.05, 0) is 12.1 Å². The molecule has 2 rings (SSSR count). The SMILES string of the molecule is CN(C)S(=O)(=O)n1c(C#N)nc2cccnc21. The van der Waals surface area contributed by atoms with Crippen molar-refractivity contribution < 1.29 is 8.42 Å². The molecule has 0 aliphatic heterocycles. The molecule has 7 nitrogen and oxygen atoms in total. The molecule has 0 aliphatic carbocycles. The van der Waals surface area contributed by atoms with Crippen molar-refractivity contribution in [2.75, 3.05) is 14.1 Å². The molecule has 0 amide bonds. The van der Waals surface area contributed by atoms with E-state index in [4.69, 9.17) is 5.26 Å². The van der Waals surface area contributed by atoms with Gasteiger partial charge >= 0.3 is 10.2 Å². The van der Waals surface area contributed by atoms with Gasteiger partial charge in [-0.1, -0.05) is 0 Å². The number of hydrogen-bond acceptors (Lipinski definition) is 5. The molecule has 88 valence electrons. The molecule has 2 aromatic rings. The third-order valence-electron chi connectivity index (χ3n) is 2.17. The highest BCUT2D eigenvalue weighted by Gasteiger charge is 2.24. The van der Waals surface area contributed by atoms with Crippen molar-refractivity contribution in [3.63, 3.8) is 0 Å². The van der Waals surface area contributed by atoms with Crippen LogP contribution < -0.4 is 0 Å². The molecule has 0 radical (unpaired) electrons. The molecule has 2 heterocycles. The monoisotopic (exact) mass is 251 g/mol. The van der Waals surface area contributed by atoms with Crippen LogP contribution >= 0.6 is 0 Å². The first-order valence-corrected chi connectivity index (χ1v) is 6.05. The van der Waals surface area contributed by atoms with Gasteiger partial charge in [0.1, 0.15) is 11.6 Å². The van der Waals surface area contributed by atoms with Crippen LogP contribution in [0.15, 0.2) is 18.3 Å². The van der Waals surface area contributed by atoms with E-state index in [-0.39, 0.29) is 11.5 Å². The molecule has 0 bridgehead atoms. The Balaban J connectivity index is 2.90. The van der Waals surface area contributed by atoms with Gasteiger partial charge in [-0.25, -0.2) is 9.97 Å². The number of hydrogen-bond donors (Lipinski definition) is 0. The lowest BCUT2D eigenvalue weighted by Gasteiger charge is -2.12. The van der Waals surface area contributed by atoms with Crippen molar-refractivity contribution in [3.8, 4) is 6.07 Å². The largest absolute Gasteiger partial charge is 0.311 e. The average molecular weight is 251 g/mol. The van der Waals surface area contributed by atoms with Gasteiger partial charge in [0.15, 0.2) is 5.65 Å². The minimum atomic E-state index is -3.80. The standard InChI is InChI=1S/C9H9N5O2S/c1-13(2)17(15,16)14-8(6-10)12-7-4-3-5-11-9(7)14/h3-5H,1-2H3. The molecule has 0 spiro atoms. The predicted octanol–water partition coefficient (Wildman–Crippen LogP) is -0.0425. The summed E-state index contributed by atoms with van der Waals surface area (Å²) in [4.78, 5) is 7.86. The Morgan fingerprint density at radius 1 is 1.47 bits per heavy atom. The van der Waals surface area contributed by atoms with Crippen molar-refractivity contribution in [1.29, 1.82) is 5.26 Å². The van der Waals surface area contributed by atoms with E-state index >= 15 is 0 Å². The maximum atomic E-state index is 12.0. The van der Waals surface area contributed by atoms with Crippen LogP contribution in [0.3, 0.4) is 0 Å². The Bertz CT molecular complexity index is 711. The second-order valence-electron chi connectivity index (χ2n) is 3.45. The van der Waals surface area contributed by atoms with Gasteiger partial charge in [0.25, 0.3) is 0 Å². The molecule has 0 aromatic carbocycles. The number of nitriles is 1. The van der Waals surface area contributed by atoms with Crippen molar-refractivity contribution in [2.24, 2.45) is 0 Å². The quantitative estimate of drug-likeness (QED) is 0.746. The molecule has 0 aliphatic rings. The molecule has 8 heteroatoms.